The molecule has 0 bridgehead atoms. The second kappa shape index (κ2) is 9.56. The van der Waals surface area contributed by atoms with E-state index in [0.29, 0.717) is 25.6 Å². The van der Waals surface area contributed by atoms with Crippen LogP contribution in [0.15, 0.2) is 41.7 Å². The van der Waals surface area contributed by atoms with Crippen LogP contribution in [0.4, 0.5) is 4.79 Å². The number of ether oxygens (including phenoxy) is 1. The Kier molecular flexibility index (Phi) is 7.16. The fraction of sp³-hybridized carbons (Fsp3) is 0.444. The Bertz CT molecular complexity index is 751. The molecule has 0 aliphatic rings. The van der Waals surface area contributed by atoms with Crippen molar-refractivity contribution < 1.29 is 9.53 Å². The summed E-state index contributed by atoms with van der Waals surface area (Å²) in [6, 6.07) is 9.86. The molecule has 0 aliphatic heterocycles. The van der Waals surface area contributed by atoms with Crippen LogP contribution in [-0.2, 0) is 11.3 Å². The average Bonchev–Trinajstić information content (AvgIpc) is 3.09. The molecule has 1 aromatic heterocycles. The van der Waals surface area contributed by atoms with Gasteiger partial charge in [0.25, 0.3) is 0 Å². The zero-order chi connectivity index (χ0) is 19.7. The number of aromatic nitrogens is 3. The van der Waals surface area contributed by atoms with Gasteiger partial charge in [-0.15, -0.1) is 10.2 Å². The number of nitrogens with one attached hydrogen (secondary N) is 3. The molecule has 0 unspecified atom stereocenters. The second-order valence-corrected chi connectivity index (χ2v) is 6.73. The van der Waals surface area contributed by atoms with Gasteiger partial charge < -0.3 is 20.7 Å². The van der Waals surface area contributed by atoms with Crippen LogP contribution in [0.2, 0.25) is 0 Å². The van der Waals surface area contributed by atoms with Gasteiger partial charge in [0.1, 0.15) is 11.9 Å². The molecule has 0 saturated heterocycles. The Labute approximate surface area is 159 Å². The first kappa shape index (κ1) is 20.2. The van der Waals surface area contributed by atoms with Crippen LogP contribution in [-0.4, -0.2) is 52.6 Å². The lowest BCUT2D eigenvalue weighted by Crippen LogP contribution is -2.42. The number of hydrogen-bond donors (Lipinski definition) is 3. The minimum Gasteiger partial charge on any atom is -0.444 e. The second-order valence-electron chi connectivity index (χ2n) is 6.73. The normalized spacial score (nSPS) is 11.8. The number of alkyl carbamates (subject to hydrolysis) is 1. The summed E-state index contributed by atoms with van der Waals surface area (Å²) in [7, 11) is 1.68. The molecule has 1 aromatic carbocycles. The van der Waals surface area contributed by atoms with Crippen LogP contribution in [0.1, 0.15) is 26.6 Å². The Morgan fingerprint density at radius 2 is 1.85 bits per heavy atom. The molecule has 0 radical (unpaired) electrons. The quantitative estimate of drug-likeness (QED) is 0.402. The highest BCUT2D eigenvalue weighted by Crippen LogP contribution is 2.08. The fourth-order valence-electron chi connectivity index (χ4n) is 2.23. The number of guanidine groups is 1. The van der Waals surface area contributed by atoms with E-state index < -0.39 is 11.7 Å². The standard InChI is InChI=1S/C18H27N7O2/c1-18(2,3)27-17(26)21-11-10-20-16(19-4)22-12-15-24-23-13-25(15)14-8-6-5-7-9-14/h5-9,13H,10-12H2,1-4H3,(H,21,26)(H2,19,20,22). The molecule has 9 nitrogen and oxygen atoms in total. The number of carbonyl (C=O) groups is 1. The van der Waals surface area contributed by atoms with Crippen LogP contribution >= 0.6 is 0 Å². The zero-order valence-corrected chi connectivity index (χ0v) is 16.2. The number of aliphatic imine (C=N–C) groups is 1. The Hall–Kier alpha value is -3.10. The van der Waals surface area contributed by atoms with Crippen molar-refractivity contribution in [1.82, 2.24) is 30.7 Å². The van der Waals surface area contributed by atoms with Crippen molar-refractivity contribution in [2.45, 2.75) is 32.9 Å². The lowest BCUT2D eigenvalue weighted by Gasteiger charge is -2.19. The number of nitrogens with zero attached hydrogens (tertiary/aromatic N) is 4. The van der Waals surface area contributed by atoms with Crippen LogP contribution < -0.4 is 16.0 Å². The molecule has 1 heterocycles. The zero-order valence-electron chi connectivity index (χ0n) is 16.2. The Morgan fingerprint density at radius 1 is 1.15 bits per heavy atom. The maximum atomic E-state index is 11.6. The third-order valence-electron chi connectivity index (χ3n) is 3.38. The van der Waals surface area contributed by atoms with Crippen molar-refractivity contribution in [2.75, 3.05) is 20.1 Å². The predicted molar refractivity (Wildman–Crippen MR) is 104 cm³/mol. The monoisotopic (exact) mass is 373 g/mol. The minimum absolute atomic E-state index is 0.413. The molecule has 0 aliphatic carbocycles. The van der Waals surface area contributed by atoms with Crippen LogP contribution in [0.3, 0.4) is 0 Å². The van der Waals surface area contributed by atoms with Gasteiger partial charge in [0.05, 0.1) is 6.54 Å². The summed E-state index contributed by atoms with van der Waals surface area (Å²) in [6.45, 7) is 6.84. The number of benzene rings is 1. The van der Waals surface area contributed by atoms with Crippen molar-refractivity contribution in [2.24, 2.45) is 4.99 Å². The van der Waals surface area contributed by atoms with Gasteiger partial charge >= 0.3 is 6.09 Å². The molecule has 9 heteroatoms. The average molecular weight is 373 g/mol. The van der Waals surface area contributed by atoms with Gasteiger partial charge in [0.15, 0.2) is 11.8 Å². The van der Waals surface area contributed by atoms with E-state index in [4.69, 9.17) is 4.74 Å². The topological polar surface area (TPSA) is 105 Å². The van der Waals surface area contributed by atoms with E-state index in [9.17, 15) is 4.79 Å². The van der Waals surface area contributed by atoms with Gasteiger partial charge in [-0.2, -0.15) is 0 Å². The molecule has 27 heavy (non-hydrogen) atoms. The van der Waals surface area contributed by atoms with Crippen molar-refractivity contribution in [1.29, 1.82) is 0 Å². The molecule has 0 fully saturated rings. The third kappa shape index (κ3) is 6.96. The summed E-state index contributed by atoms with van der Waals surface area (Å²) >= 11 is 0. The fourth-order valence-corrected chi connectivity index (χ4v) is 2.23. The molecular formula is C18H27N7O2. The third-order valence-corrected chi connectivity index (χ3v) is 3.38. The maximum absolute atomic E-state index is 11.6. The number of rotatable bonds is 6. The summed E-state index contributed by atoms with van der Waals surface area (Å²) in [5.41, 5.74) is 0.480. The van der Waals surface area contributed by atoms with E-state index in [-0.39, 0.29) is 0 Å². The number of para-hydroxylation sites is 1. The summed E-state index contributed by atoms with van der Waals surface area (Å²) in [5, 5.41) is 17.1. The Balaban J connectivity index is 1.77. The van der Waals surface area contributed by atoms with Gasteiger partial charge in [-0.1, -0.05) is 18.2 Å². The van der Waals surface area contributed by atoms with Gasteiger partial charge in [0, 0.05) is 25.8 Å². The Morgan fingerprint density at radius 3 is 2.52 bits per heavy atom. The highest BCUT2D eigenvalue weighted by molar-refractivity contribution is 5.79. The van der Waals surface area contributed by atoms with Gasteiger partial charge in [-0.25, -0.2) is 4.79 Å². The molecule has 0 spiro atoms. The molecule has 3 N–H and O–H groups in total. The maximum Gasteiger partial charge on any atom is 0.407 e. The number of carbonyl (C=O) groups excluding carboxylic acids is 1. The smallest absolute Gasteiger partial charge is 0.407 e. The van der Waals surface area contributed by atoms with E-state index >= 15 is 0 Å². The van der Waals surface area contributed by atoms with Gasteiger partial charge in [-0.05, 0) is 32.9 Å². The van der Waals surface area contributed by atoms with Crippen molar-refractivity contribution in [3.05, 3.63) is 42.5 Å². The SMILES string of the molecule is CN=C(NCCNC(=O)OC(C)(C)C)NCc1nncn1-c1ccccc1. The number of amides is 1. The predicted octanol–water partition coefficient (Wildman–Crippen LogP) is 1.46. The summed E-state index contributed by atoms with van der Waals surface area (Å²) in [6.07, 6.45) is 1.23. The van der Waals surface area contributed by atoms with Crippen LogP contribution in [0.5, 0.6) is 0 Å². The van der Waals surface area contributed by atoms with E-state index in [1.54, 1.807) is 13.4 Å². The van der Waals surface area contributed by atoms with Crippen molar-refractivity contribution >= 4 is 12.1 Å². The van der Waals surface area contributed by atoms with Crippen LogP contribution in [0, 0.1) is 0 Å². The van der Waals surface area contributed by atoms with E-state index in [0.717, 1.165) is 11.5 Å². The van der Waals surface area contributed by atoms with Crippen LogP contribution in [0.25, 0.3) is 5.69 Å². The van der Waals surface area contributed by atoms with E-state index in [2.05, 4.69) is 31.1 Å². The lowest BCUT2D eigenvalue weighted by atomic mass is 10.2. The first-order valence-corrected chi connectivity index (χ1v) is 8.75. The molecule has 146 valence electrons. The molecule has 0 atom stereocenters. The van der Waals surface area contributed by atoms with Gasteiger partial charge in [-0.3, -0.25) is 9.56 Å². The molecular weight excluding hydrogens is 346 g/mol. The minimum atomic E-state index is -0.510. The number of hydrogen-bond acceptors (Lipinski definition) is 5. The highest BCUT2D eigenvalue weighted by atomic mass is 16.6. The summed E-state index contributed by atoms with van der Waals surface area (Å²) < 4.78 is 7.09. The summed E-state index contributed by atoms with van der Waals surface area (Å²) in [5.74, 6) is 1.36. The molecule has 2 rings (SSSR count). The van der Waals surface area contributed by atoms with Crippen molar-refractivity contribution in [3.63, 3.8) is 0 Å². The largest absolute Gasteiger partial charge is 0.444 e. The molecule has 1 amide bonds. The van der Waals surface area contributed by atoms with Crippen molar-refractivity contribution in [3.8, 4) is 5.69 Å². The first-order chi connectivity index (χ1) is 12.9. The molecule has 2 aromatic rings. The van der Waals surface area contributed by atoms with E-state index in [1.165, 1.54) is 0 Å². The lowest BCUT2D eigenvalue weighted by molar-refractivity contribution is 0.0529. The highest BCUT2D eigenvalue weighted by Gasteiger charge is 2.15. The first-order valence-electron chi connectivity index (χ1n) is 8.75. The van der Waals surface area contributed by atoms with E-state index in [1.807, 2.05) is 55.7 Å². The molecule has 0 saturated carbocycles. The summed E-state index contributed by atoms with van der Waals surface area (Å²) in [4.78, 5) is 15.8. The van der Waals surface area contributed by atoms with Gasteiger partial charge in [0.2, 0.25) is 0 Å².